The highest BCUT2D eigenvalue weighted by atomic mass is 79.9. The highest BCUT2D eigenvalue weighted by molar-refractivity contribution is 9.10. The van der Waals surface area contributed by atoms with Gasteiger partial charge in [0.25, 0.3) is 5.91 Å². The third-order valence-electron chi connectivity index (χ3n) is 2.87. The van der Waals surface area contributed by atoms with E-state index >= 15 is 0 Å². The predicted octanol–water partition coefficient (Wildman–Crippen LogP) is 3.60. The first-order chi connectivity index (χ1) is 8.13. The molecule has 0 spiro atoms. The molecule has 1 aromatic rings. The summed E-state index contributed by atoms with van der Waals surface area (Å²) in [6.07, 6.45) is 3.12. The number of amides is 1. The van der Waals surface area contributed by atoms with Gasteiger partial charge in [0.1, 0.15) is 5.82 Å². The van der Waals surface area contributed by atoms with Gasteiger partial charge in [0, 0.05) is 17.1 Å². The van der Waals surface area contributed by atoms with Gasteiger partial charge in [-0.05, 0) is 53.4 Å². The van der Waals surface area contributed by atoms with Crippen LogP contribution in [0.1, 0.15) is 36.5 Å². The summed E-state index contributed by atoms with van der Waals surface area (Å²) in [6.45, 7) is 2.83. The molecule has 1 aliphatic carbocycles. The Kier molecular flexibility index (Phi) is 3.82. The fourth-order valence-electron chi connectivity index (χ4n) is 1.89. The van der Waals surface area contributed by atoms with E-state index in [1.54, 1.807) is 6.07 Å². The summed E-state index contributed by atoms with van der Waals surface area (Å²) in [5.74, 6) is -0.330. The molecule has 0 bridgehead atoms. The van der Waals surface area contributed by atoms with E-state index in [2.05, 4.69) is 22.9 Å². The van der Waals surface area contributed by atoms with Gasteiger partial charge in [0.15, 0.2) is 0 Å². The van der Waals surface area contributed by atoms with E-state index in [-0.39, 0.29) is 11.7 Å². The molecule has 1 aromatic carbocycles. The Balaban J connectivity index is 2.22. The molecule has 92 valence electrons. The summed E-state index contributed by atoms with van der Waals surface area (Å²) >= 11 is 3.25. The Hall–Kier alpha value is -0.900. The van der Waals surface area contributed by atoms with Crippen molar-refractivity contribution in [2.45, 2.75) is 32.2 Å². The largest absolute Gasteiger partial charge is 0.336 e. The van der Waals surface area contributed by atoms with Crippen LogP contribution in [0.4, 0.5) is 4.39 Å². The Morgan fingerprint density at radius 2 is 2.24 bits per heavy atom. The molecule has 4 heteroatoms. The van der Waals surface area contributed by atoms with Gasteiger partial charge < -0.3 is 4.90 Å². The lowest BCUT2D eigenvalue weighted by Gasteiger charge is -2.22. The van der Waals surface area contributed by atoms with Crippen molar-refractivity contribution in [2.24, 2.45) is 0 Å². The van der Waals surface area contributed by atoms with Crippen LogP contribution in [0.5, 0.6) is 0 Å². The summed E-state index contributed by atoms with van der Waals surface area (Å²) in [6, 6.07) is 4.60. The van der Waals surface area contributed by atoms with Gasteiger partial charge in [-0.2, -0.15) is 0 Å². The molecule has 1 aliphatic rings. The molecule has 0 unspecified atom stereocenters. The zero-order chi connectivity index (χ0) is 12.4. The molecule has 1 saturated carbocycles. The fourth-order valence-corrected chi connectivity index (χ4v) is 2.42. The average molecular weight is 300 g/mol. The van der Waals surface area contributed by atoms with Crippen molar-refractivity contribution in [3.05, 3.63) is 34.1 Å². The van der Waals surface area contributed by atoms with Crippen LogP contribution in [0.25, 0.3) is 0 Å². The van der Waals surface area contributed by atoms with Crippen LogP contribution in [0.3, 0.4) is 0 Å². The van der Waals surface area contributed by atoms with E-state index in [9.17, 15) is 9.18 Å². The summed E-state index contributed by atoms with van der Waals surface area (Å²) in [5, 5.41) is 0. The van der Waals surface area contributed by atoms with Gasteiger partial charge in [0.05, 0.1) is 5.56 Å². The third kappa shape index (κ3) is 2.86. The molecule has 0 radical (unpaired) electrons. The molecule has 17 heavy (non-hydrogen) atoms. The SMILES string of the molecule is CCCN(C(=O)c1ccc(F)cc1Br)C1CC1. The van der Waals surface area contributed by atoms with Crippen LogP contribution in [0, 0.1) is 5.82 Å². The van der Waals surface area contributed by atoms with E-state index in [0.717, 1.165) is 25.8 Å². The molecular weight excluding hydrogens is 285 g/mol. The minimum absolute atomic E-state index is 0.00113. The van der Waals surface area contributed by atoms with Gasteiger partial charge in [-0.25, -0.2) is 4.39 Å². The van der Waals surface area contributed by atoms with Crippen LogP contribution in [0.2, 0.25) is 0 Å². The van der Waals surface area contributed by atoms with Crippen molar-refractivity contribution >= 4 is 21.8 Å². The Bertz CT molecular complexity index is 431. The normalized spacial score (nSPS) is 14.8. The summed E-state index contributed by atoms with van der Waals surface area (Å²) in [7, 11) is 0. The van der Waals surface area contributed by atoms with Crippen LogP contribution < -0.4 is 0 Å². The molecule has 0 aromatic heterocycles. The van der Waals surface area contributed by atoms with E-state index in [1.807, 2.05) is 4.90 Å². The number of carbonyl (C=O) groups excluding carboxylic acids is 1. The zero-order valence-electron chi connectivity index (χ0n) is 9.75. The van der Waals surface area contributed by atoms with Crippen molar-refractivity contribution in [1.82, 2.24) is 4.90 Å². The van der Waals surface area contributed by atoms with E-state index in [0.29, 0.717) is 16.1 Å². The van der Waals surface area contributed by atoms with Gasteiger partial charge in [0.2, 0.25) is 0 Å². The van der Waals surface area contributed by atoms with Crippen LogP contribution >= 0.6 is 15.9 Å². The van der Waals surface area contributed by atoms with Crippen molar-refractivity contribution in [1.29, 1.82) is 0 Å². The first kappa shape index (κ1) is 12.6. The molecule has 0 heterocycles. The fraction of sp³-hybridized carbons (Fsp3) is 0.462. The first-order valence-electron chi connectivity index (χ1n) is 5.89. The number of rotatable bonds is 4. The second kappa shape index (κ2) is 5.17. The maximum atomic E-state index is 13.0. The maximum Gasteiger partial charge on any atom is 0.255 e. The lowest BCUT2D eigenvalue weighted by Crippen LogP contribution is -2.34. The topological polar surface area (TPSA) is 20.3 Å². The van der Waals surface area contributed by atoms with Gasteiger partial charge in [-0.3, -0.25) is 4.79 Å². The monoisotopic (exact) mass is 299 g/mol. The quantitative estimate of drug-likeness (QED) is 0.832. The van der Waals surface area contributed by atoms with Crippen LogP contribution in [-0.4, -0.2) is 23.4 Å². The molecule has 1 fully saturated rings. The first-order valence-corrected chi connectivity index (χ1v) is 6.68. The van der Waals surface area contributed by atoms with Crippen molar-refractivity contribution in [2.75, 3.05) is 6.54 Å². The van der Waals surface area contributed by atoms with Crippen molar-refractivity contribution in [3.8, 4) is 0 Å². The molecule has 0 N–H and O–H groups in total. The number of benzene rings is 1. The highest BCUT2D eigenvalue weighted by Gasteiger charge is 2.32. The number of nitrogens with zero attached hydrogens (tertiary/aromatic N) is 1. The molecule has 2 nitrogen and oxygen atoms in total. The second-order valence-electron chi connectivity index (χ2n) is 4.35. The lowest BCUT2D eigenvalue weighted by atomic mass is 10.2. The molecule has 0 saturated heterocycles. The predicted molar refractivity (Wildman–Crippen MR) is 68.4 cm³/mol. The number of carbonyl (C=O) groups is 1. The maximum absolute atomic E-state index is 13.0. The molecular formula is C13H15BrFNO. The second-order valence-corrected chi connectivity index (χ2v) is 5.21. The molecule has 0 aliphatic heterocycles. The molecule has 1 amide bonds. The van der Waals surface area contributed by atoms with E-state index in [4.69, 9.17) is 0 Å². The lowest BCUT2D eigenvalue weighted by molar-refractivity contribution is 0.0742. The standard InChI is InChI=1S/C13H15BrFNO/c1-2-7-16(10-4-5-10)13(17)11-6-3-9(15)8-12(11)14/h3,6,8,10H,2,4-5,7H2,1H3. The van der Waals surface area contributed by atoms with Gasteiger partial charge in [-0.15, -0.1) is 0 Å². The molecule has 2 rings (SSSR count). The number of halogens is 2. The number of hydrogen-bond donors (Lipinski definition) is 0. The van der Waals surface area contributed by atoms with Crippen molar-refractivity contribution < 1.29 is 9.18 Å². The Morgan fingerprint density at radius 1 is 1.53 bits per heavy atom. The summed E-state index contributed by atoms with van der Waals surface area (Å²) in [5.41, 5.74) is 0.548. The summed E-state index contributed by atoms with van der Waals surface area (Å²) < 4.78 is 13.5. The smallest absolute Gasteiger partial charge is 0.255 e. The zero-order valence-corrected chi connectivity index (χ0v) is 11.3. The Labute approximate surface area is 109 Å². The van der Waals surface area contributed by atoms with Gasteiger partial charge in [-0.1, -0.05) is 6.92 Å². The third-order valence-corrected chi connectivity index (χ3v) is 3.53. The van der Waals surface area contributed by atoms with Crippen LogP contribution in [-0.2, 0) is 0 Å². The average Bonchev–Trinajstić information content (AvgIpc) is 3.09. The van der Waals surface area contributed by atoms with Crippen LogP contribution in [0.15, 0.2) is 22.7 Å². The summed E-state index contributed by atoms with van der Waals surface area (Å²) in [4.78, 5) is 14.2. The minimum Gasteiger partial charge on any atom is -0.336 e. The van der Waals surface area contributed by atoms with E-state index in [1.165, 1.54) is 12.1 Å². The van der Waals surface area contributed by atoms with E-state index < -0.39 is 0 Å². The van der Waals surface area contributed by atoms with Crippen molar-refractivity contribution in [3.63, 3.8) is 0 Å². The number of hydrogen-bond acceptors (Lipinski definition) is 1. The highest BCUT2D eigenvalue weighted by Crippen LogP contribution is 2.30. The van der Waals surface area contributed by atoms with Gasteiger partial charge >= 0.3 is 0 Å². The Morgan fingerprint density at radius 3 is 2.76 bits per heavy atom. The minimum atomic E-state index is -0.332. The molecule has 0 atom stereocenters.